The number of allylic oxidation sites excluding steroid dienone is 7. The Kier molecular flexibility index (Phi) is 10.6. The monoisotopic (exact) mass is 806 g/mol. The molecule has 0 spiro atoms. The number of rotatable bonds is 12. The normalized spacial score (nSPS) is 15.0. The first kappa shape index (κ1) is 39.7. The summed E-state index contributed by atoms with van der Waals surface area (Å²) in [4.78, 5) is 5.13. The van der Waals surface area contributed by atoms with E-state index in [-0.39, 0.29) is 0 Å². The molecular weight excluding hydrogens is 749 g/mol. The van der Waals surface area contributed by atoms with Crippen LogP contribution in [-0.4, -0.2) is 0 Å². The third-order valence-corrected chi connectivity index (χ3v) is 13.5. The van der Waals surface area contributed by atoms with Gasteiger partial charge in [-0.1, -0.05) is 170 Å². The van der Waals surface area contributed by atoms with E-state index in [1.54, 1.807) is 0 Å². The van der Waals surface area contributed by atoms with Crippen molar-refractivity contribution >= 4 is 71.5 Å². The molecule has 0 amide bonds. The van der Waals surface area contributed by atoms with Crippen molar-refractivity contribution < 1.29 is 0 Å². The third-order valence-electron chi connectivity index (χ3n) is 13.5. The van der Waals surface area contributed by atoms with E-state index in [1.807, 2.05) is 0 Å². The molecule has 0 saturated carbocycles. The van der Waals surface area contributed by atoms with Crippen LogP contribution in [0.4, 0.5) is 28.4 Å². The molecule has 0 aliphatic heterocycles. The highest BCUT2D eigenvalue weighted by molar-refractivity contribution is 6.29. The highest BCUT2D eigenvalue weighted by Crippen LogP contribution is 2.52. The van der Waals surface area contributed by atoms with Gasteiger partial charge >= 0.3 is 0 Å². The van der Waals surface area contributed by atoms with Crippen LogP contribution in [0, 0.1) is 5.92 Å². The fourth-order valence-corrected chi connectivity index (χ4v) is 10.4. The lowest BCUT2D eigenvalue weighted by atomic mass is 9.83. The van der Waals surface area contributed by atoms with Gasteiger partial charge in [-0.3, -0.25) is 0 Å². The highest BCUT2D eigenvalue weighted by atomic mass is 15.2. The Balaban J connectivity index is 1.31. The zero-order chi connectivity index (χ0) is 42.5. The van der Waals surface area contributed by atoms with Crippen molar-refractivity contribution in [2.45, 2.75) is 85.5 Å². The van der Waals surface area contributed by atoms with Gasteiger partial charge in [-0.25, -0.2) is 0 Å². The zero-order valence-corrected chi connectivity index (χ0v) is 37.3. The maximum Gasteiger partial charge on any atom is 0.0543 e. The first-order chi connectivity index (χ1) is 30.3. The molecule has 0 bridgehead atoms. The number of fused-ring (bicyclic) bond motifs is 2. The Morgan fingerprint density at radius 3 is 1.66 bits per heavy atom. The summed E-state index contributed by atoms with van der Waals surface area (Å²) in [6.45, 7) is 14.0. The van der Waals surface area contributed by atoms with E-state index in [1.165, 1.54) is 105 Å². The molecule has 2 nitrogen and oxygen atoms in total. The third kappa shape index (κ3) is 6.81. The van der Waals surface area contributed by atoms with Gasteiger partial charge < -0.3 is 9.80 Å². The molecule has 1 unspecified atom stereocenters. The summed E-state index contributed by atoms with van der Waals surface area (Å²) >= 11 is 0. The Hall–Kier alpha value is -6.38. The molecule has 0 saturated heterocycles. The number of aryl methyl sites for hydroxylation is 2. The minimum Gasteiger partial charge on any atom is -0.310 e. The van der Waals surface area contributed by atoms with E-state index in [2.05, 4.69) is 215 Å². The molecule has 308 valence electrons. The van der Waals surface area contributed by atoms with Crippen LogP contribution in [0.3, 0.4) is 0 Å². The standard InChI is InChI=1S/C60H58N2/c1-7-15-41-25-29-45(30-26-41)61(55-23-13-19-43-17-9-11-21-47(43)55)57-37-53(39(3)4)49-34-36-52-58(38-54(40(5)6)50-33-35-51(57)59(49)60(50)52)62(46-31-27-42(16-8-2)28-32-46)56-24-14-20-44-18-10-12-22-48(44)56/h9-14,17-19,21-40,44H,7-8,15-16,20H2,1-6H3. The summed E-state index contributed by atoms with van der Waals surface area (Å²) in [7, 11) is 0. The number of benzene rings is 8. The van der Waals surface area contributed by atoms with E-state index < -0.39 is 0 Å². The molecular formula is C60H58N2. The number of hydrogen-bond donors (Lipinski definition) is 0. The molecule has 2 heteroatoms. The summed E-state index contributed by atoms with van der Waals surface area (Å²) < 4.78 is 0. The van der Waals surface area contributed by atoms with Crippen molar-refractivity contribution in [2.24, 2.45) is 5.92 Å². The molecule has 0 heterocycles. The van der Waals surface area contributed by atoms with E-state index in [0.717, 1.165) is 32.1 Å². The van der Waals surface area contributed by atoms with Crippen molar-refractivity contribution in [3.8, 4) is 0 Å². The van der Waals surface area contributed by atoms with Crippen LogP contribution in [0.1, 0.15) is 94.9 Å². The zero-order valence-electron chi connectivity index (χ0n) is 37.3. The Bertz CT molecular complexity index is 3060. The second kappa shape index (κ2) is 16.5. The molecule has 10 rings (SSSR count). The Morgan fingerprint density at radius 2 is 1.06 bits per heavy atom. The second-order valence-corrected chi connectivity index (χ2v) is 18.2. The number of anilines is 5. The summed E-state index contributed by atoms with van der Waals surface area (Å²) in [5.74, 6) is 0.984. The molecule has 1 atom stereocenters. The van der Waals surface area contributed by atoms with Crippen LogP contribution in [0.25, 0.3) is 43.1 Å². The molecule has 0 fully saturated rings. The first-order valence-corrected chi connectivity index (χ1v) is 23.1. The summed E-state index contributed by atoms with van der Waals surface area (Å²) in [5, 5.41) is 10.4. The van der Waals surface area contributed by atoms with Crippen molar-refractivity contribution in [2.75, 3.05) is 9.80 Å². The van der Waals surface area contributed by atoms with Gasteiger partial charge in [-0.05, 0) is 134 Å². The molecule has 2 aliphatic rings. The fourth-order valence-electron chi connectivity index (χ4n) is 10.4. The lowest BCUT2D eigenvalue weighted by Crippen LogP contribution is -2.22. The Labute approximate surface area is 368 Å². The summed E-state index contributed by atoms with van der Waals surface area (Å²) in [6, 6.07) is 49.1. The average Bonchev–Trinajstić information content (AvgIpc) is 3.30. The van der Waals surface area contributed by atoms with Crippen molar-refractivity contribution in [1.29, 1.82) is 0 Å². The molecule has 8 aromatic rings. The molecule has 62 heavy (non-hydrogen) atoms. The minimum absolute atomic E-state index is 0.309. The van der Waals surface area contributed by atoms with Crippen LogP contribution >= 0.6 is 0 Å². The van der Waals surface area contributed by atoms with Gasteiger partial charge in [0.05, 0.1) is 17.1 Å². The fraction of sp³-hybridized carbons (Fsp3) is 0.233. The second-order valence-electron chi connectivity index (χ2n) is 18.2. The molecule has 0 N–H and O–H groups in total. The van der Waals surface area contributed by atoms with Crippen molar-refractivity contribution in [3.63, 3.8) is 0 Å². The lowest BCUT2D eigenvalue weighted by Gasteiger charge is -2.35. The van der Waals surface area contributed by atoms with Crippen LogP contribution in [0.15, 0.2) is 175 Å². The summed E-state index contributed by atoms with van der Waals surface area (Å²) in [6.07, 6.45) is 19.4. The van der Waals surface area contributed by atoms with Gasteiger partial charge in [0.1, 0.15) is 0 Å². The number of nitrogens with zero attached hydrogens (tertiary/aromatic N) is 2. The maximum absolute atomic E-state index is 2.58. The van der Waals surface area contributed by atoms with Gasteiger partial charge in [0.25, 0.3) is 0 Å². The van der Waals surface area contributed by atoms with Gasteiger partial charge in [-0.2, -0.15) is 0 Å². The number of hydrogen-bond acceptors (Lipinski definition) is 2. The van der Waals surface area contributed by atoms with Crippen molar-refractivity contribution in [1.82, 2.24) is 0 Å². The lowest BCUT2D eigenvalue weighted by molar-refractivity contribution is 0.763. The van der Waals surface area contributed by atoms with Crippen LogP contribution in [0.2, 0.25) is 0 Å². The van der Waals surface area contributed by atoms with Gasteiger partial charge in [0.15, 0.2) is 0 Å². The van der Waals surface area contributed by atoms with Crippen LogP contribution < -0.4 is 9.80 Å². The summed E-state index contributed by atoms with van der Waals surface area (Å²) in [5.41, 5.74) is 14.2. The van der Waals surface area contributed by atoms with E-state index in [4.69, 9.17) is 0 Å². The van der Waals surface area contributed by atoms with Gasteiger partial charge in [0.2, 0.25) is 0 Å². The SMILES string of the molecule is CCCc1ccc(N(C2=C3C=CC=CC3CC=C2)c2cc(C(C)C)c3ccc4c(N(c5ccc(CCC)cc5)c5cccc6ccccc56)cc(C(C)C)c5ccc2c3c54)cc1. The predicted octanol–water partition coefficient (Wildman–Crippen LogP) is 17.5. The van der Waals surface area contributed by atoms with Gasteiger partial charge in [0, 0.05) is 39.1 Å². The van der Waals surface area contributed by atoms with Crippen LogP contribution in [-0.2, 0) is 12.8 Å². The van der Waals surface area contributed by atoms with E-state index >= 15 is 0 Å². The maximum atomic E-state index is 2.58. The topological polar surface area (TPSA) is 6.48 Å². The quantitative estimate of drug-likeness (QED) is 0.113. The average molecular weight is 807 g/mol. The predicted molar refractivity (Wildman–Crippen MR) is 270 cm³/mol. The van der Waals surface area contributed by atoms with Crippen LogP contribution in [0.5, 0.6) is 0 Å². The van der Waals surface area contributed by atoms with Crippen molar-refractivity contribution in [3.05, 3.63) is 197 Å². The van der Waals surface area contributed by atoms with Gasteiger partial charge in [-0.15, -0.1) is 0 Å². The largest absolute Gasteiger partial charge is 0.310 e. The van der Waals surface area contributed by atoms with E-state index in [9.17, 15) is 0 Å². The molecule has 8 aromatic carbocycles. The Morgan fingerprint density at radius 1 is 0.516 bits per heavy atom. The van der Waals surface area contributed by atoms with E-state index in [0.29, 0.717) is 17.8 Å². The molecule has 0 radical (unpaired) electrons. The molecule has 0 aromatic heterocycles. The highest BCUT2D eigenvalue weighted by Gasteiger charge is 2.29. The first-order valence-electron chi connectivity index (χ1n) is 23.1. The minimum atomic E-state index is 0.309. The smallest absolute Gasteiger partial charge is 0.0543 e. The molecule has 2 aliphatic carbocycles.